The fraction of sp³-hybridized carbons (Fsp3) is 0.923. The van der Waals surface area contributed by atoms with Crippen LogP contribution >= 0.6 is 11.8 Å². The zero-order chi connectivity index (χ0) is 11.9. The van der Waals surface area contributed by atoms with Crippen LogP contribution in [0.5, 0.6) is 0 Å². The molecule has 0 amide bonds. The molecule has 96 valence electrons. The molecule has 17 heavy (non-hydrogen) atoms. The first-order valence-electron chi connectivity index (χ1n) is 6.78. The molecule has 0 radical (unpaired) electrons. The largest absolute Gasteiger partial charge is 0.376 e. The van der Waals surface area contributed by atoms with Crippen molar-refractivity contribution < 1.29 is 4.74 Å². The van der Waals surface area contributed by atoms with Crippen LogP contribution in [0.15, 0.2) is 4.99 Å². The Balaban J connectivity index is 1.69. The summed E-state index contributed by atoms with van der Waals surface area (Å²) in [5.41, 5.74) is 0.0806. The van der Waals surface area contributed by atoms with Crippen LogP contribution in [0.25, 0.3) is 0 Å². The second-order valence-corrected chi connectivity index (χ2v) is 6.82. The predicted molar refractivity (Wildman–Crippen MR) is 72.6 cm³/mol. The smallest absolute Gasteiger partial charge is 0.157 e. The lowest BCUT2D eigenvalue weighted by Crippen LogP contribution is -2.51. The maximum atomic E-state index is 5.67. The van der Waals surface area contributed by atoms with Gasteiger partial charge in [-0.25, -0.2) is 0 Å². The Labute approximate surface area is 108 Å². The van der Waals surface area contributed by atoms with E-state index in [1.807, 2.05) is 11.8 Å². The second-order valence-electron chi connectivity index (χ2n) is 5.81. The van der Waals surface area contributed by atoms with Gasteiger partial charge in [0.25, 0.3) is 0 Å². The van der Waals surface area contributed by atoms with E-state index in [-0.39, 0.29) is 11.6 Å². The quantitative estimate of drug-likeness (QED) is 0.780. The fourth-order valence-electron chi connectivity index (χ4n) is 3.07. The van der Waals surface area contributed by atoms with Gasteiger partial charge in [-0.2, -0.15) is 0 Å². The van der Waals surface area contributed by atoms with Gasteiger partial charge in [0, 0.05) is 12.4 Å². The van der Waals surface area contributed by atoms with E-state index in [0.717, 1.165) is 24.1 Å². The van der Waals surface area contributed by atoms with E-state index >= 15 is 0 Å². The van der Waals surface area contributed by atoms with Crippen molar-refractivity contribution in [2.45, 2.75) is 57.2 Å². The van der Waals surface area contributed by atoms with E-state index in [9.17, 15) is 0 Å². The van der Waals surface area contributed by atoms with Gasteiger partial charge >= 0.3 is 0 Å². The molecular weight excluding hydrogens is 232 g/mol. The van der Waals surface area contributed by atoms with Gasteiger partial charge in [-0.1, -0.05) is 18.2 Å². The Morgan fingerprint density at radius 1 is 1.47 bits per heavy atom. The van der Waals surface area contributed by atoms with Crippen molar-refractivity contribution in [3.63, 3.8) is 0 Å². The van der Waals surface area contributed by atoms with Crippen LogP contribution in [0.2, 0.25) is 0 Å². The van der Waals surface area contributed by atoms with Crippen molar-refractivity contribution in [3.8, 4) is 0 Å². The van der Waals surface area contributed by atoms with E-state index in [0.29, 0.717) is 6.04 Å². The van der Waals surface area contributed by atoms with Gasteiger partial charge in [0.2, 0.25) is 0 Å². The monoisotopic (exact) mass is 254 g/mol. The molecule has 2 aliphatic heterocycles. The summed E-state index contributed by atoms with van der Waals surface area (Å²) in [5, 5.41) is 4.80. The maximum absolute atomic E-state index is 5.67. The highest BCUT2D eigenvalue weighted by Gasteiger charge is 2.39. The molecule has 1 saturated carbocycles. The van der Waals surface area contributed by atoms with Crippen molar-refractivity contribution in [2.75, 3.05) is 12.4 Å². The highest BCUT2D eigenvalue weighted by Crippen LogP contribution is 2.36. The Bertz CT molecular complexity index is 333. The van der Waals surface area contributed by atoms with Crippen molar-refractivity contribution in [3.05, 3.63) is 0 Å². The van der Waals surface area contributed by atoms with Crippen molar-refractivity contribution >= 4 is 16.9 Å². The lowest BCUT2D eigenvalue weighted by atomic mass is 9.95. The minimum atomic E-state index is 0.0806. The molecule has 4 unspecified atom stereocenters. The third kappa shape index (κ3) is 2.22. The number of fused-ring (bicyclic) bond motifs is 1. The number of nitrogens with zero attached hydrogens (tertiary/aromatic N) is 1. The molecule has 3 aliphatic rings. The summed E-state index contributed by atoms with van der Waals surface area (Å²) < 4.78 is 5.67. The molecule has 4 atom stereocenters. The molecule has 4 heteroatoms. The van der Waals surface area contributed by atoms with Gasteiger partial charge in [-0.05, 0) is 39.0 Å². The molecular formula is C13H22N2OS. The molecule has 0 aromatic rings. The van der Waals surface area contributed by atoms with Crippen molar-refractivity contribution in [1.82, 2.24) is 5.32 Å². The number of ether oxygens (including phenoxy) is 1. The van der Waals surface area contributed by atoms with E-state index < -0.39 is 0 Å². The minimum Gasteiger partial charge on any atom is -0.376 e. The number of hydrogen-bond acceptors (Lipinski definition) is 4. The summed E-state index contributed by atoms with van der Waals surface area (Å²) in [6.07, 6.45) is 5.41. The van der Waals surface area contributed by atoms with Crippen molar-refractivity contribution in [1.29, 1.82) is 0 Å². The van der Waals surface area contributed by atoms with Crippen LogP contribution in [-0.4, -0.2) is 35.2 Å². The second kappa shape index (κ2) is 4.47. The molecule has 1 aliphatic carbocycles. The Hall–Kier alpha value is -0.220. The first-order valence-corrected chi connectivity index (χ1v) is 7.76. The Morgan fingerprint density at radius 3 is 3.12 bits per heavy atom. The number of rotatable bonds is 1. The number of thioether (sulfide) groups is 1. The van der Waals surface area contributed by atoms with Crippen LogP contribution in [0.3, 0.4) is 0 Å². The molecule has 0 aromatic carbocycles. The van der Waals surface area contributed by atoms with Crippen molar-refractivity contribution in [2.24, 2.45) is 10.9 Å². The Kier molecular flexibility index (Phi) is 3.11. The van der Waals surface area contributed by atoms with Gasteiger partial charge in [0.05, 0.1) is 17.7 Å². The van der Waals surface area contributed by atoms with Gasteiger partial charge in [0.15, 0.2) is 5.17 Å². The SMILES string of the molecule is CC1OCCC1(C)NC1=NC2CCCC2CS1. The highest BCUT2D eigenvalue weighted by molar-refractivity contribution is 8.13. The predicted octanol–water partition coefficient (Wildman–Crippen LogP) is 2.42. The van der Waals surface area contributed by atoms with E-state index in [4.69, 9.17) is 9.73 Å². The zero-order valence-electron chi connectivity index (χ0n) is 10.7. The number of hydrogen-bond donors (Lipinski definition) is 1. The summed E-state index contributed by atoms with van der Waals surface area (Å²) in [7, 11) is 0. The summed E-state index contributed by atoms with van der Waals surface area (Å²) in [6, 6.07) is 0.597. The summed E-state index contributed by atoms with van der Waals surface area (Å²) in [5.74, 6) is 2.09. The summed E-state index contributed by atoms with van der Waals surface area (Å²) in [6.45, 7) is 5.29. The molecule has 3 nitrogen and oxygen atoms in total. The van der Waals surface area contributed by atoms with Crippen LogP contribution in [0.1, 0.15) is 39.5 Å². The molecule has 0 spiro atoms. The van der Waals surface area contributed by atoms with Crippen LogP contribution in [0, 0.1) is 5.92 Å². The molecule has 1 N–H and O–H groups in total. The third-order valence-corrected chi connectivity index (χ3v) is 5.69. The van der Waals surface area contributed by atoms with E-state index in [1.54, 1.807) is 0 Å². The molecule has 2 fully saturated rings. The summed E-state index contributed by atoms with van der Waals surface area (Å²) >= 11 is 1.91. The number of nitrogens with one attached hydrogen (secondary N) is 1. The maximum Gasteiger partial charge on any atom is 0.157 e. The minimum absolute atomic E-state index is 0.0806. The average Bonchev–Trinajstić information content (AvgIpc) is 2.87. The fourth-order valence-corrected chi connectivity index (χ4v) is 4.34. The van der Waals surface area contributed by atoms with Crippen LogP contribution in [-0.2, 0) is 4.74 Å². The van der Waals surface area contributed by atoms with E-state index in [1.165, 1.54) is 25.0 Å². The molecule has 1 saturated heterocycles. The Morgan fingerprint density at radius 2 is 2.35 bits per heavy atom. The normalized spacial score (nSPS) is 45.5. The lowest BCUT2D eigenvalue weighted by molar-refractivity contribution is 0.0950. The number of amidine groups is 1. The van der Waals surface area contributed by atoms with Gasteiger partial charge in [0.1, 0.15) is 0 Å². The molecule has 3 rings (SSSR count). The average molecular weight is 254 g/mol. The highest BCUT2D eigenvalue weighted by atomic mass is 32.2. The molecule has 0 aromatic heterocycles. The lowest BCUT2D eigenvalue weighted by Gasteiger charge is -2.33. The first kappa shape index (κ1) is 11.8. The first-order chi connectivity index (χ1) is 8.17. The molecule has 0 bridgehead atoms. The van der Waals surface area contributed by atoms with Crippen LogP contribution < -0.4 is 5.32 Å². The number of aliphatic imine (C=N–C) groups is 1. The standard InChI is InChI=1S/C13H22N2OS/c1-9-13(2,6-7-16-9)15-12-14-11-5-3-4-10(11)8-17-12/h9-11H,3-8H2,1-2H3,(H,14,15). The van der Waals surface area contributed by atoms with Gasteiger partial charge in [-0.3, -0.25) is 4.99 Å². The van der Waals surface area contributed by atoms with E-state index in [2.05, 4.69) is 19.2 Å². The van der Waals surface area contributed by atoms with Gasteiger partial charge in [-0.15, -0.1) is 0 Å². The van der Waals surface area contributed by atoms with Gasteiger partial charge < -0.3 is 10.1 Å². The van der Waals surface area contributed by atoms with Crippen LogP contribution in [0.4, 0.5) is 0 Å². The topological polar surface area (TPSA) is 33.6 Å². The molecule has 2 heterocycles. The zero-order valence-corrected chi connectivity index (χ0v) is 11.6. The summed E-state index contributed by atoms with van der Waals surface area (Å²) in [4.78, 5) is 4.90. The third-order valence-electron chi connectivity index (χ3n) is 4.62.